The van der Waals surface area contributed by atoms with E-state index < -0.39 is 35.4 Å². The molecule has 3 atom stereocenters. The number of amides is 2. The molecule has 2 aromatic carbocycles. The molecule has 234 valence electrons. The molecule has 44 heavy (non-hydrogen) atoms. The first-order valence-corrected chi connectivity index (χ1v) is 14.7. The third-order valence-electron chi connectivity index (χ3n) is 7.72. The second kappa shape index (κ2) is 11.9. The molecule has 2 amide bonds. The molecule has 0 saturated carbocycles. The summed E-state index contributed by atoms with van der Waals surface area (Å²) in [4.78, 5) is 28.5. The van der Waals surface area contributed by atoms with Gasteiger partial charge in [-0.2, -0.15) is 4.39 Å². The van der Waals surface area contributed by atoms with Gasteiger partial charge in [0.2, 0.25) is 11.7 Å². The van der Waals surface area contributed by atoms with E-state index in [1.165, 1.54) is 27.9 Å². The van der Waals surface area contributed by atoms with Crippen molar-refractivity contribution in [1.82, 2.24) is 29.8 Å². The first-order valence-electron chi connectivity index (χ1n) is 14.7. The third kappa shape index (κ3) is 6.11. The van der Waals surface area contributed by atoms with Crippen molar-refractivity contribution in [2.45, 2.75) is 71.7 Å². The zero-order chi connectivity index (χ0) is 31.9. The average molecular weight is 609 g/mol. The lowest BCUT2D eigenvalue weighted by Gasteiger charge is -2.28. The van der Waals surface area contributed by atoms with Gasteiger partial charge >= 0.3 is 6.09 Å². The number of fused-ring (bicyclic) bond motifs is 1. The Morgan fingerprint density at radius 1 is 1.14 bits per heavy atom. The summed E-state index contributed by atoms with van der Waals surface area (Å²) in [5.74, 6) is -2.73. The highest BCUT2D eigenvalue weighted by Crippen LogP contribution is 2.33. The Kier molecular flexibility index (Phi) is 8.37. The number of benzene rings is 2. The van der Waals surface area contributed by atoms with E-state index in [0.29, 0.717) is 0 Å². The summed E-state index contributed by atoms with van der Waals surface area (Å²) in [6.45, 7) is 11.2. The quantitative estimate of drug-likeness (QED) is 0.282. The summed E-state index contributed by atoms with van der Waals surface area (Å²) in [7, 11) is 1.96. The molecule has 0 spiro atoms. The van der Waals surface area contributed by atoms with E-state index in [1.54, 1.807) is 27.7 Å². The highest BCUT2D eigenvalue weighted by Gasteiger charge is 2.43. The Morgan fingerprint density at radius 3 is 2.59 bits per heavy atom. The van der Waals surface area contributed by atoms with Crippen LogP contribution in [-0.2, 0) is 16.6 Å². The van der Waals surface area contributed by atoms with Crippen molar-refractivity contribution >= 4 is 22.9 Å². The number of aromatic nitrogens is 4. The van der Waals surface area contributed by atoms with Crippen molar-refractivity contribution in [2.24, 2.45) is 7.05 Å². The standard InChI is InChI=1S/C32H38F2N6O4/c1-8-43-27-12-10-21(28(33)29(27)34)24-17-40(37-36-24)20-14-26(39(15-20)31(42)44-32(4,5)6)30(41)35-19(3)23-16-38(7)25-11-9-18(2)13-22(23)25/h9-13,16-17,19-20,26H,8,14-15H2,1-7H3,(H,35,41)/t19?,20?,26-/m1/s1. The molecule has 1 N–H and O–H groups in total. The van der Waals surface area contributed by atoms with Crippen LogP contribution in [-0.4, -0.2) is 61.3 Å². The Labute approximate surface area is 254 Å². The molecule has 1 fully saturated rings. The van der Waals surface area contributed by atoms with Crippen molar-refractivity contribution in [3.05, 3.63) is 65.5 Å². The topological polar surface area (TPSA) is 104 Å². The number of nitrogens with one attached hydrogen (secondary N) is 1. The SMILES string of the molecule is CCOc1ccc(-c2cn(C3C[C@H](C(=O)NC(C)c4cn(C)c5ccc(C)cc45)N(C(=O)OC(C)(C)C)C3)nn2)c(F)c1F. The van der Waals surface area contributed by atoms with Crippen LogP contribution in [0.5, 0.6) is 5.75 Å². The van der Waals surface area contributed by atoms with Crippen LogP contribution < -0.4 is 10.1 Å². The number of aryl methyl sites for hydroxylation is 2. The molecule has 2 aromatic heterocycles. The first kappa shape index (κ1) is 31.0. The summed E-state index contributed by atoms with van der Waals surface area (Å²) in [6.07, 6.45) is 3.07. The van der Waals surface area contributed by atoms with Crippen molar-refractivity contribution in [1.29, 1.82) is 0 Å². The van der Waals surface area contributed by atoms with Crippen LogP contribution in [0.2, 0.25) is 0 Å². The summed E-state index contributed by atoms with van der Waals surface area (Å²) in [5.41, 5.74) is 2.38. The van der Waals surface area contributed by atoms with E-state index in [-0.39, 0.29) is 48.5 Å². The van der Waals surface area contributed by atoms with Crippen molar-refractivity contribution < 1.29 is 27.8 Å². The molecule has 1 aliphatic rings. The molecule has 2 unspecified atom stereocenters. The molecular weight excluding hydrogens is 570 g/mol. The maximum atomic E-state index is 14.9. The first-order chi connectivity index (χ1) is 20.8. The lowest BCUT2D eigenvalue weighted by Crippen LogP contribution is -2.48. The lowest BCUT2D eigenvalue weighted by molar-refractivity contribution is -0.126. The number of nitrogens with zero attached hydrogens (tertiary/aromatic N) is 5. The van der Waals surface area contributed by atoms with Crippen LogP contribution in [0.3, 0.4) is 0 Å². The van der Waals surface area contributed by atoms with E-state index in [1.807, 2.05) is 37.7 Å². The van der Waals surface area contributed by atoms with E-state index in [2.05, 4.69) is 27.8 Å². The number of carbonyl (C=O) groups excluding carboxylic acids is 2. The van der Waals surface area contributed by atoms with Crippen molar-refractivity contribution in [3.8, 4) is 17.0 Å². The van der Waals surface area contributed by atoms with Gasteiger partial charge in [0.15, 0.2) is 11.6 Å². The Balaban J connectivity index is 1.40. The monoisotopic (exact) mass is 608 g/mol. The molecular formula is C32H38F2N6O4. The van der Waals surface area contributed by atoms with Crippen LogP contribution >= 0.6 is 0 Å². The minimum absolute atomic E-state index is 0.0763. The number of ether oxygens (including phenoxy) is 2. The Hall–Kier alpha value is -4.48. The van der Waals surface area contributed by atoms with Gasteiger partial charge in [0, 0.05) is 42.7 Å². The zero-order valence-electron chi connectivity index (χ0n) is 26.0. The highest BCUT2D eigenvalue weighted by atomic mass is 19.2. The maximum Gasteiger partial charge on any atom is 0.411 e. The largest absolute Gasteiger partial charge is 0.491 e. The van der Waals surface area contributed by atoms with Gasteiger partial charge in [-0.15, -0.1) is 5.10 Å². The van der Waals surface area contributed by atoms with Crippen LogP contribution in [0.25, 0.3) is 22.2 Å². The van der Waals surface area contributed by atoms with E-state index in [4.69, 9.17) is 9.47 Å². The molecule has 3 heterocycles. The molecule has 1 aliphatic heterocycles. The van der Waals surface area contributed by atoms with Crippen molar-refractivity contribution in [3.63, 3.8) is 0 Å². The Bertz CT molecular complexity index is 1710. The zero-order valence-corrected chi connectivity index (χ0v) is 26.0. The number of hydrogen-bond donors (Lipinski definition) is 1. The van der Waals surface area contributed by atoms with Gasteiger partial charge in [-0.05, 0) is 71.4 Å². The smallest absolute Gasteiger partial charge is 0.411 e. The molecule has 0 aliphatic carbocycles. The molecule has 0 bridgehead atoms. The number of hydrogen-bond acceptors (Lipinski definition) is 6. The van der Waals surface area contributed by atoms with Gasteiger partial charge in [-0.1, -0.05) is 16.8 Å². The molecule has 0 radical (unpaired) electrons. The van der Waals surface area contributed by atoms with E-state index in [0.717, 1.165) is 22.0 Å². The minimum Gasteiger partial charge on any atom is -0.491 e. The van der Waals surface area contributed by atoms with Crippen LogP contribution in [0, 0.1) is 18.6 Å². The minimum atomic E-state index is -1.11. The summed E-state index contributed by atoms with van der Waals surface area (Å²) in [5, 5.41) is 12.4. The average Bonchev–Trinajstić information content (AvgIpc) is 3.68. The molecule has 1 saturated heterocycles. The van der Waals surface area contributed by atoms with Gasteiger partial charge in [0.25, 0.3) is 0 Å². The predicted octanol–water partition coefficient (Wildman–Crippen LogP) is 5.85. The van der Waals surface area contributed by atoms with E-state index in [9.17, 15) is 18.4 Å². The second-order valence-corrected chi connectivity index (χ2v) is 12.2. The summed E-state index contributed by atoms with van der Waals surface area (Å²) in [6, 6.07) is 7.24. The highest BCUT2D eigenvalue weighted by molar-refractivity contribution is 5.89. The fourth-order valence-electron chi connectivity index (χ4n) is 5.62. The van der Waals surface area contributed by atoms with Crippen LogP contribution in [0.4, 0.5) is 13.6 Å². The molecule has 5 rings (SSSR count). The number of carbonyl (C=O) groups is 2. The molecule has 10 nitrogen and oxygen atoms in total. The van der Waals surface area contributed by atoms with Crippen molar-refractivity contribution in [2.75, 3.05) is 13.2 Å². The number of likely N-dealkylation sites (tertiary alicyclic amines) is 1. The molecule has 12 heteroatoms. The van der Waals surface area contributed by atoms with Gasteiger partial charge in [0.1, 0.15) is 17.3 Å². The van der Waals surface area contributed by atoms with Gasteiger partial charge in [-0.3, -0.25) is 9.69 Å². The fraction of sp³-hybridized carbons (Fsp3) is 0.438. The van der Waals surface area contributed by atoms with Gasteiger partial charge in [0.05, 0.1) is 24.9 Å². The normalized spacial score (nSPS) is 17.6. The molecule has 4 aromatic rings. The van der Waals surface area contributed by atoms with Gasteiger partial charge in [-0.25, -0.2) is 13.9 Å². The number of halogens is 2. The summed E-state index contributed by atoms with van der Waals surface area (Å²) < 4.78 is 43.7. The van der Waals surface area contributed by atoms with Crippen LogP contribution in [0.1, 0.15) is 64.3 Å². The predicted molar refractivity (Wildman–Crippen MR) is 161 cm³/mol. The van der Waals surface area contributed by atoms with Gasteiger partial charge < -0.3 is 19.4 Å². The third-order valence-corrected chi connectivity index (χ3v) is 7.72. The second-order valence-electron chi connectivity index (χ2n) is 12.2. The maximum absolute atomic E-state index is 14.9. The Morgan fingerprint density at radius 2 is 1.89 bits per heavy atom. The fourth-order valence-corrected chi connectivity index (χ4v) is 5.62. The lowest BCUT2D eigenvalue weighted by atomic mass is 10.0. The van der Waals surface area contributed by atoms with Crippen LogP contribution in [0.15, 0.2) is 42.7 Å². The van der Waals surface area contributed by atoms with E-state index >= 15 is 0 Å². The number of rotatable bonds is 7. The summed E-state index contributed by atoms with van der Waals surface area (Å²) >= 11 is 0.